The minimum absolute atomic E-state index is 0.922. The zero-order chi connectivity index (χ0) is 11.9. The number of nitrogens with zero attached hydrogens (tertiary/aromatic N) is 2. The van der Waals surface area contributed by atoms with E-state index in [1.807, 2.05) is 43.5 Å². The molecule has 88 valence electrons. The zero-order valence-electron chi connectivity index (χ0n) is 9.85. The molecule has 3 rings (SSSR count). The van der Waals surface area contributed by atoms with Crippen molar-refractivity contribution >= 4 is 5.84 Å². The standard InChI is InChI=1S/C9H8N2.C4H8N2/c1-2-4-8(5-3-1)9-10-6-7-11-9;1-4-5-2-3-6-4/h1-7H,(H,10,11);2-3H2,1H3,(H,5,6). The van der Waals surface area contributed by atoms with Gasteiger partial charge in [-0.2, -0.15) is 0 Å². The first-order chi connectivity index (χ1) is 8.36. The monoisotopic (exact) mass is 228 g/mol. The summed E-state index contributed by atoms with van der Waals surface area (Å²) in [6.07, 6.45) is 3.57. The van der Waals surface area contributed by atoms with Gasteiger partial charge in [-0.05, 0) is 6.92 Å². The minimum Gasteiger partial charge on any atom is -0.372 e. The maximum absolute atomic E-state index is 4.13. The van der Waals surface area contributed by atoms with E-state index >= 15 is 0 Å². The summed E-state index contributed by atoms with van der Waals surface area (Å²) in [6.45, 7) is 3.98. The fraction of sp³-hybridized carbons (Fsp3) is 0.231. The van der Waals surface area contributed by atoms with E-state index in [0.717, 1.165) is 30.3 Å². The van der Waals surface area contributed by atoms with Gasteiger partial charge < -0.3 is 10.3 Å². The molecule has 2 heterocycles. The molecule has 1 aromatic carbocycles. The van der Waals surface area contributed by atoms with E-state index < -0.39 is 0 Å². The topological polar surface area (TPSA) is 53.1 Å². The highest BCUT2D eigenvalue weighted by molar-refractivity contribution is 5.80. The molecule has 2 aromatic rings. The van der Waals surface area contributed by atoms with Crippen molar-refractivity contribution in [2.24, 2.45) is 4.99 Å². The molecule has 4 heteroatoms. The van der Waals surface area contributed by atoms with Gasteiger partial charge in [-0.15, -0.1) is 0 Å². The summed E-state index contributed by atoms with van der Waals surface area (Å²) in [4.78, 5) is 11.2. The SMILES string of the molecule is CC1=NCCN1.c1ccc(-c2ncc[nH]2)cc1. The lowest BCUT2D eigenvalue weighted by atomic mass is 10.2. The molecule has 0 unspecified atom stereocenters. The van der Waals surface area contributed by atoms with Gasteiger partial charge in [0, 0.05) is 24.5 Å². The lowest BCUT2D eigenvalue weighted by Crippen LogP contribution is -2.13. The van der Waals surface area contributed by atoms with Gasteiger partial charge in [0.1, 0.15) is 5.82 Å². The van der Waals surface area contributed by atoms with Crippen molar-refractivity contribution < 1.29 is 0 Å². The molecule has 2 N–H and O–H groups in total. The van der Waals surface area contributed by atoms with E-state index in [1.165, 1.54) is 0 Å². The molecular weight excluding hydrogens is 212 g/mol. The Bertz CT molecular complexity index is 459. The number of benzene rings is 1. The maximum atomic E-state index is 4.13. The Hall–Kier alpha value is -2.10. The second-order valence-electron chi connectivity index (χ2n) is 3.70. The summed E-state index contributed by atoms with van der Waals surface area (Å²) in [7, 11) is 0. The van der Waals surface area contributed by atoms with Crippen LogP contribution in [0.1, 0.15) is 6.92 Å². The van der Waals surface area contributed by atoms with Gasteiger partial charge in [-0.25, -0.2) is 4.98 Å². The molecule has 0 atom stereocenters. The van der Waals surface area contributed by atoms with Crippen molar-refractivity contribution in [2.75, 3.05) is 13.1 Å². The summed E-state index contributed by atoms with van der Waals surface area (Å²) in [5.41, 5.74) is 1.12. The Morgan fingerprint density at radius 2 is 2.00 bits per heavy atom. The molecule has 0 amide bonds. The van der Waals surface area contributed by atoms with Gasteiger partial charge >= 0.3 is 0 Å². The van der Waals surface area contributed by atoms with Gasteiger partial charge in [0.15, 0.2) is 0 Å². The number of imidazole rings is 1. The number of nitrogens with one attached hydrogen (secondary N) is 2. The van der Waals surface area contributed by atoms with E-state index in [9.17, 15) is 0 Å². The quantitative estimate of drug-likeness (QED) is 0.785. The smallest absolute Gasteiger partial charge is 0.137 e. The molecule has 4 nitrogen and oxygen atoms in total. The van der Waals surface area contributed by atoms with Crippen LogP contribution in [0.15, 0.2) is 47.7 Å². The summed E-state index contributed by atoms with van der Waals surface area (Å²) < 4.78 is 0. The summed E-state index contributed by atoms with van der Waals surface area (Å²) in [5, 5.41) is 3.07. The summed E-state index contributed by atoms with van der Waals surface area (Å²) >= 11 is 0. The van der Waals surface area contributed by atoms with Crippen LogP contribution < -0.4 is 5.32 Å². The highest BCUT2D eigenvalue weighted by Crippen LogP contribution is 2.11. The Labute approximate surface area is 101 Å². The number of hydrogen-bond acceptors (Lipinski definition) is 3. The normalized spacial score (nSPS) is 13.4. The van der Waals surface area contributed by atoms with Crippen molar-refractivity contribution in [1.29, 1.82) is 0 Å². The Morgan fingerprint density at radius 3 is 2.47 bits per heavy atom. The van der Waals surface area contributed by atoms with Crippen molar-refractivity contribution in [3.8, 4) is 11.4 Å². The molecule has 17 heavy (non-hydrogen) atoms. The van der Waals surface area contributed by atoms with Crippen LogP contribution in [-0.4, -0.2) is 28.9 Å². The van der Waals surface area contributed by atoms with E-state index in [1.54, 1.807) is 6.20 Å². The van der Waals surface area contributed by atoms with Crippen LogP contribution in [0, 0.1) is 0 Å². The van der Waals surface area contributed by atoms with Crippen molar-refractivity contribution in [3.05, 3.63) is 42.7 Å². The van der Waals surface area contributed by atoms with E-state index in [2.05, 4.69) is 20.3 Å². The maximum Gasteiger partial charge on any atom is 0.137 e. The second-order valence-corrected chi connectivity index (χ2v) is 3.70. The van der Waals surface area contributed by atoms with Crippen LogP contribution in [0.4, 0.5) is 0 Å². The number of aromatic amines is 1. The van der Waals surface area contributed by atoms with Gasteiger partial charge in [-0.1, -0.05) is 30.3 Å². The Morgan fingerprint density at radius 1 is 1.18 bits per heavy atom. The third kappa shape index (κ3) is 3.45. The number of amidine groups is 1. The first kappa shape index (κ1) is 11.4. The molecule has 1 aliphatic rings. The number of hydrogen-bond donors (Lipinski definition) is 2. The summed E-state index contributed by atoms with van der Waals surface area (Å²) in [6, 6.07) is 10.0. The molecule has 0 radical (unpaired) electrons. The molecule has 0 aliphatic carbocycles. The molecule has 1 aromatic heterocycles. The molecule has 0 saturated heterocycles. The van der Waals surface area contributed by atoms with E-state index in [0.29, 0.717) is 0 Å². The van der Waals surface area contributed by atoms with Crippen LogP contribution >= 0.6 is 0 Å². The third-order valence-corrected chi connectivity index (χ3v) is 2.39. The molecule has 1 aliphatic heterocycles. The predicted molar refractivity (Wildman–Crippen MR) is 70.0 cm³/mol. The van der Waals surface area contributed by atoms with Gasteiger partial charge in [0.2, 0.25) is 0 Å². The van der Waals surface area contributed by atoms with Crippen LogP contribution in [0.5, 0.6) is 0 Å². The fourth-order valence-corrected chi connectivity index (χ4v) is 1.54. The lowest BCUT2D eigenvalue weighted by Gasteiger charge is -1.92. The average molecular weight is 228 g/mol. The van der Waals surface area contributed by atoms with Gasteiger partial charge in [0.25, 0.3) is 0 Å². The number of aliphatic imine (C=N–C) groups is 1. The summed E-state index contributed by atoms with van der Waals surface area (Å²) in [5.74, 6) is 2.00. The Balaban J connectivity index is 0.000000153. The van der Waals surface area contributed by atoms with Gasteiger partial charge in [-0.3, -0.25) is 4.99 Å². The van der Waals surface area contributed by atoms with Crippen LogP contribution in [0.25, 0.3) is 11.4 Å². The average Bonchev–Trinajstić information content (AvgIpc) is 3.03. The Kier molecular flexibility index (Phi) is 3.91. The first-order valence-corrected chi connectivity index (χ1v) is 5.66. The van der Waals surface area contributed by atoms with E-state index in [-0.39, 0.29) is 0 Å². The molecule has 0 fully saturated rings. The van der Waals surface area contributed by atoms with Crippen molar-refractivity contribution in [1.82, 2.24) is 15.3 Å². The van der Waals surface area contributed by atoms with Crippen LogP contribution in [-0.2, 0) is 0 Å². The van der Waals surface area contributed by atoms with E-state index in [4.69, 9.17) is 0 Å². The number of aromatic nitrogens is 2. The van der Waals surface area contributed by atoms with Crippen LogP contribution in [0.2, 0.25) is 0 Å². The largest absolute Gasteiger partial charge is 0.372 e. The van der Waals surface area contributed by atoms with Gasteiger partial charge in [0.05, 0.1) is 12.4 Å². The molecule has 0 spiro atoms. The highest BCUT2D eigenvalue weighted by Gasteiger charge is 1.95. The second kappa shape index (κ2) is 5.84. The molecule has 0 bridgehead atoms. The molecule has 0 saturated carbocycles. The number of rotatable bonds is 1. The first-order valence-electron chi connectivity index (χ1n) is 5.66. The highest BCUT2D eigenvalue weighted by atomic mass is 15.0. The third-order valence-electron chi connectivity index (χ3n) is 2.39. The fourth-order valence-electron chi connectivity index (χ4n) is 1.54. The van der Waals surface area contributed by atoms with Crippen molar-refractivity contribution in [2.45, 2.75) is 6.92 Å². The van der Waals surface area contributed by atoms with Crippen LogP contribution in [0.3, 0.4) is 0 Å². The zero-order valence-corrected chi connectivity index (χ0v) is 9.85. The lowest BCUT2D eigenvalue weighted by molar-refractivity contribution is 0.958. The minimum atomic E-state index is 0.922. The number of H-pyrrole nitrogens is 1. The predicted octanol–water partition coefficient (Wildman–Crippen LogP) is 2.08. The van der Waals surface area contributed by atoms with Crippen molar-refractivity contribution in [3.63, 3.8) is 0 Å². The molecular formula is C13H16N4.